The minimum atomic E-state index is 0.240. The summed E-state index contributed by atoms with van der Waals surface area (Å²) >= 11 is 0. The summed E-state index contributed by atoms with van der Waals surface area (Å²) < 4.78 is 5.55. The van der Waals surface area contributed by atoms with E-state index in [-0.39, 0.29) is 5.92 Å². The van der Waals surface area contributed by atoms with E-state index in [0.29, 0.717) is 18.3 Å². The van der Waals surface area contributed by atoms with Gasteiger partial charge in [-0.25, -0.2) is 4.98 Å². The number of nitrogen functional groups attached to an aromatic ring is 1. The van der Waals surface area contributed by atoms with Crippen LogP contribution in [0.15, 0.2) is 12.7 Å². The predicted octanol–water partition coefficient (Wildman–Crippen LogP) is 2.45. The Labute approximate surface area is 96.6 Å². The molecule has 0 amide bonds. The Hall–Kier alpha value is -1.58. The lowest BCUT2D eigenvalue weighted by Crippen LogP contribution is -2.08. The first-order valence-electron chi connectivity index (χ1n) is 5.44. The van der Waals surface area contributed by atoms with Gasteiger partial charge in [-0.3, -0.25) is 0 Å². The summed E-state index contributed by atoms with van der Waals surface area (Å²) in [5, 5.41) is 0. The molecule has 1 rings (SSSR count). The number of ether oxygens (including phenoxy) is 1. The first kappa shape index (κ1) is 12.5. The number of rotatable bonds is 5. The van der Waals surface area contributed by atoms with Crippen LogP contribution < -0.4 is 10.5 Å². The van der Waals surface area contributed by atoms with Crippen molar-refractivity contribution >= 4 is 5.82 Å². The number of hydrogen-bond donors (Lipinski definition) is 1. The van der Waals surface area contributed by atoms with Crippen LogP contribution in [-0.2, 0) is 0 Å². The molecule has 0 aliphatic carbocycles. The molecule has 4 heteroatoms. The van der Waals surface area contributed by atoms with Gasteiger partial charge >= 0.3 is 0 Å². The minimum absolute atomic E-state index is 0.240. The predicted molar refractivity (Wildman–Crippen MR) is 65.6 cm³/mol. The molecule has 0 radical (unpaired) electrons. The number of aromatic nitrogens is 2. The molecule has 0 unspecified atom stereocenters. The molecule has 4 nitrogen and oxygen atoms in total. The van der Waals surface area contributed by atoms with Gasteiger partial charge in [0.1, 0.15) is 11.6 Å². The molecule has 1 heterocycles. The lowest BCUT2D eigenvalue weighted by Gasteiger charge is -2.12. The number of anilines is 1. The van der Waals surface area contributed by atoms with Gasteiger partial charge in [-0.2, -0.15) is 4.98 Å². The third-order valence-corrected chi connectivity index (χ3v) is 2.23. The first-order valence-corrected chi connectivity index (χ1v) is 5.44. The molecule has 2 N–H and O–H groups in total. The Balaban J connectivity index is 2.92. The summed E-state index contributed by atoms with van der Waals surface area (Å²) in [6.07, 6.45) is 2.60. The highest BCUT2D eigenvalue weighted by Crippen LogP contribution is 2.22. The Kier molecular flexibility index (Phi) is 4.28. The number of nitrogens with two attached hydrogens (primary N) is 1. The SMILES string of the molecule is C=CCCOc1nc(C(C)C)nc(N)c1C. The van der Waals surface area contributed by atoms with E-state index in [2.05, 4.69) is 16.5 Å². The highest BCUT2D eigenvalue weighted by molar-refractivity contribution is 5.44. The van der Waals surface area contributed by atoms with E-state index in [1.54, 1.807) is 0 Å². The van der Waals surface area contributed by atoms with Crippen molar-refractivity contribution < 1.29 is 4.74 Å². The molecule has 16 heavy (non-hydrogen) atoms. The zero-order valence-corrected chi connectivity index (χ0v) is 10.2. The normalized spacial score (nSPS) is 10.5. The van der Waals surface area contributed by atoms with Crippen molar-refractivity contribution in [1.82, 2.24) is 9.97 Å². The van der Waals surface area contributed by atoms with E-state index in [1.807, 2.05) is 26.8 Å². The fourth-order valence-electron chi connectivity index (χ4n) is 1.17. The quantitative estimate of drug-likeness (QED) is 0.612. The maximum atomic E-state index is 5.81. The molecule has 88 valence electrons. The fraction of sp³-hybridized carbons (Fsp3) is 0.500. The number of hydrogen-bond acceptors (Lipinski definition) is 4. The van der Waals surface area contributed by atoms with Crippen molar-refractivity contribution in [2.45, 2.75) is 33.1 Å². The van der Waals surface area contributed by atoms with Gasteiger partial charge in [0.25, 0.3) is 0 Å². The molecule has 0 aromatic carbocycles. The fourth-order valence-corrected chi connectivity index (χ4v) is 1.17. The maximum absolute atomic E-state index is 5.81. The van der Waals surface area contributed by atoms with Crippen molar-refractivity contribution in [3.8, 4) is 5.88 Å². The van der Waals surface area contributed by atoms with Crippen molar-refractivity contribution in [2.24, 2.45) is 0 Å². The average Bonchev–Trinajstić information content (AvgIpc) is 2.24. The van der Waals surface area contributed by atoms with Crippen molar-refractivity contribution in [3.63, 3.8) is 0 Å². The average molecular weight is 221 g/mol. The lowest BCUT2D eigenvalue weighted by atomic mass is 10.2. The summed E-state index contributed by atoms with van der Waals surface area (Å²) in [6.45, 7) is 10.1. The maximum Gasteiger partial charge on any atom is 0.221 e. The molecule has 1 aromatic heterocycles. The molecule has 0 spiro atoms. The van der Waals surface area contributed by atoms with Gasteiger partial charge in [0.05, 0.1) is 12.2 Å². The van der Waals surface area contributed by atoms with Gasteiger partial charge in [-0.1, -0.05) is 19.9 Å². The third kappa shape index (κ3) is 2.95. The second kappa shape index (κ2) is 5.49. The molecular weight excluding hydrogens is 202 g/mol. The zero-order valence-electron chi connectivity index (χ0n) is 10.2. The van der Waals surface area contributed by atoms with Gasteiger partial charge in [0.15, 0.2) is 0 Å². The molecule has 0 atom stereocenters. The van der Waals surface area contributed by atoms with Crippen LogP contribution >= 0.6 is 0 Å². The van der Waals surface area contributed by atoms with E-state index in [4.69, 9.17) is 10.5 Å². The summed E-state index contributed by atoms with van der Waals surface area (Å²) in [5.74, 6) is 2.03. The molecule has 0 saturated heterocycles. The van der Waals surface area contributed by atoms with Gasteiger partial charge in [-0.05, 0) is 13.3 Å². The largest absolute Gasteiger partial charge is 0.477 e. The van der Waals surface area contributed by atoms with E-state index in [9.17, 15) is 0 Å². The summed E-state index contributed by atoms with van der Waals surface area (Å²) in [5.41, 5.74) is 6.61. The van der Waals surface area contributed by atoms with Crippen molar-refractivity contribution in [1.29, 1.82) is 0 Å². The summed E-state index contributed by atoms with van der Waals surface area (Å²) in [7, 11) is 0. The molecular formula is C12H19N3O. The lowest BCUT2D eigenvalue weighted by molar-refractivity contribution is 0.308. The third-order valence-electron chi connectivity index (χ3n) is 2.23. The van der Waals surface area contributed by atoms with E-state index in [0.717, 1.165) is 17.8 Å². The van der Waals surface area contributed by atoms with E-state index < -0.39 is 0 Å². The Bertz CT molecular complexity index is 375. The molecule has 0 bridgehead atoms. The standard InChI is InChI=1S/C12H19N3O/c1-5-6-7-16-12-9(4)10(13)14-11(15-12)8(2)3/h5,8H,1,6-7H2,2-4H3,(H2,13,14,15). The minimum Gasteiger partial charge on any atom is -0.477 e. The van der Waals surface area contributed by atoms with Gasteiger partial charge in [0, 0.05) is 5.92 Å². The van der Waals surface area contributed by atoms with Crippen molar-refractivity contribution in [2.75, 3.05) is 12.3 Å². The zero-order chi connectivity index (χ0) is 12.1. The summed E-state index contributed by atoms with van der Waals surface area (Å²) in [4.78, 5) is 8.58. The van der Waals surface area contributed by atoms with Crippen LogP contribution in [0.25, 0.3) is 0 Å². The van der Waals surface area contributed by atoms with Crippen molar-refractivity contribution in [3.05, 3.63) is 24.0 Å². The van der Waals surface area contributed by atoms with Crippen LogP contribution in [0.3, 0.4) is 0 Å². The van der Waals surface area contributed by atoms with E-state index in [1.165, 1.54) is 0 Å². The number of nitrogens with zero attached hydrogens (tertiary/aromatic N) is 2. The van der Waals surface area contributed by atoms with Crippen LogP contribution in [0.1, 0.15) is 37.6 Å². The molecule has 1 aromatic rings. The Morgan fingerprint density at radius 3 is 2.69 bits per heavy atom. The first-order chi connectivity index (χ1) is 7.56. The Morgan fingerprint density at radius 1 is 1.44 bits per heavy atom. The smallest absolute Gasteiger partial charge is 0.221 e. The van der Waals surface area contributed by atoms with Gasteiger partial charge in [-0.15, -0.1) is 6.58 Å². The van der Waals surface area contributed by atoms with Gasteiger partial charge in [0.2, 0.25) is 5.88 Å². The molecule has 0 saturated carbocycles. The highest BCUT2D eigenvalue weighted by Gasteiger charge is 2.11. The van der Waals surface area contributed by atoms with Crippen LogP contribution in [-0.4, -0.2) is 16.6 Å². The van der Waals surface area contributed by atoms with Crippen LogP contribution in [0.4, 0.5) is 5.82 Å². The van der Waals surface area contributed by atoms with E-state index >= 15 is 0 Å². The second-order valence-corrected chi connectivity index (χ2v) is 3.98. The molecule has 0 fully saturated rings. The molecule has 0 aliphatic heterocycles. The summed E-state index contributed by atoms with van der Waals surface area (Å²) in [6, 6.07) is 0. The van der Waals surface area contributed by atoms with Crippen LogP contribution in [0, 0.1) is 6.92 Å². The van der Waals surface area contributed by atoms with Crippen LogP contribution in [0.5, 0.6) is 5.88 Å². The highest BCUT2D eigenvalue weighted by atomic mass is 16.5. The second-order valence-electron chi connectivity index (χ2n) is 3.98. The van der Waals surface area contributed by atoms with Crippen LogP contribution in [0.2, 0.25) is 0 Å². The topological polar surface area (TPSA) is 61.0 Å². The van der Waals surface area contributed by atoms with Gasteiger partial charge < -0.3 is 10.5 Å². The molecule has 0 aliphatic rings. The Morgan fingerprint density at radius 2 is 2.12 bits per heavy atom. The monoisotopic (exact) mass is 221 g/mol.